The summed E-state index contributed by atoms with van der Waals surface area (Å²) in [7, 11) is 0. The smallest absolute Gasteiger partial charge is 0.239 e. The molecule has 10 heteroatoms. The van der Waals surface area contributed by atoms with Crippen molar-refractivity contribution < 1.29 is 9.59 Å². The van der Waals surface area contributed by atoms with E-state index in [0.717, 1.165) is 5.69 Å². The molecule has 142 valence electrons. The number of carbonyl (C=O) groups is 2. The first kappa shape index (κ1) is 21.5. The molecule has 0 saturated heterocycles. The molecule has 1 aromatic heterocycles. The molecule has 1 heterocycles. The minimum Gasteiger partial charge on any atom is -0.346 e. The Bertz CT molecular complexity index is 720. The number of nitrogens with zero attached hydrogens (tertiary/aromatic N) is 4. The molecule has 0 aliphatic rings. The van der Waals surface area contributed by atoms with Crippen LogP contribution in [0, 0.1) is 5.92 Å². The van der Waals surface area contributed by atoms with E-state index in [1.54, 1.807) is 11.6 Å². The van der Waals surface area contributed by atoms with Gasteiger partial charge in [0, 0.05) is 0 Å². The number of halogens is 1. The molecule has 4 N–H and O–H groups in total. The number of amides is 2. The largest absolute Gasteiger partial charge is 0.346 e. The van der Waals surface area contributed by atoms with Gasteiger partial charge in [-0.1, -0.05) is 32.0 Å². The van der Waals surface area contributed by atoms with Crippen LogP contribution < -0.4 is 16.4 Å². The number of hydrogen-bond donors (Lipinski definition) is 3. The standard InChI is InChI=1S/C16H23N7O2.ClH/c1-10(2)14(17)16(25)18-9-13(24)19-11(3)15-20-21-22-23(15)12-7-5-4-6-8-12;/h4-8,10-11,14H,9,17H2,1-3H3,(H,18,25)(H,19,24);1H/t11?,14-;/m0./s1. The summed E-state index contributed by atoms with van der Waals surface area (Å²) >= 11 is 0. The topological polar surface area (TPSA) is 128 Å². The molecule has 0 spiro atoms. The third kappa shape index (κ3) is 5.50. The van der Waals surface area contributed by atoms with Gasteiger partial charge in [0.1, 0.15) is 0 Å². The summed E-state index contributed by atoms with van der Waals surface area (Å²) < 4.78 is 1.55. The lowest BCUT2D eigenvalue weighted by Gasteiger charge is -2.16. The molecule has 26 heavy (non-hydrogen) atoms. The Balaban J connectivity index is 0.00000338. The van der Waals surface area contributed by atoms with E-state index in [9.17, 15) is 9.59 Å². The Labute approximate surface area is 158 Å². The van der Waals surface area contributed by atoms with Crippen LogP contribution in [0.15, 0.2) is 30.3 Å². The summed E-state index contributed by atoms with van der Waals surface area (Å²) in [6.07, 6.45) is 0. The monoisotopic (exact) mass is 381 g/mol. The van der Waals surface area contributed by atoms with Crippen LogP contribution in [0.2, 0.25) is 0 Å². The number of carbonyl (C=O) groups excluding carboxylic acids is 2. The van der Waals surface area contributed by atoms with Gasteiger partial charge in [0.25, 0.3) is 0 Å². The molecule has 1 aromatic carbocycles. The highest BCUT2D eigenvalue weighted by Crippen LogP contribution is 2.13. The van der Waals surface area contributed by atoms with Crippen LogP contribution in [0.1, 0.15) is 32.6 Å². The van der Waals surface area contributed by atoms with Gasteiger partial charge in [0.2, 0.25) is 11.8 Å². The third-order valence-corrected chi connectivity index (χ3v) is 3.70. The second-order valence-electron chi connectivity index (χ2n) is 6.06. The second kappa shape index (κ2) is 9.83. The van der Waals surface area contributed by atoms with Crippen molar-refractivity contribution in [2.24, 2.45) is 11.7 Å². The fraction of sp³-hybridized carbons (Fsp3) is 0.438. The molecule has 9 nitrogen and oxygen atoms in total. The number of para-hydroxylation sites is 1. The lowest BCUT2D eigenvalue weighted by Crippen LogP contribution is -2.47. The molecule has 0 saturated carbocycles. The number of hydrogen-bond acceptors (Lipinski definition) is 6. The maximum absolute atomic E-state index is 12.0. The van der Waals surface area contributed by atoms with Crippen LogP contribution >= 0.6 is 12.4 Å². The zero-order chi connectivity index (χ0) is 18.4. The van der Waals surface area contributed by atoms with Crippen LogP contribution in [0.3, 0.4) is 0 Å². The molecule has 0 aliphatic carbocycles. The highest BCUT2D eigenvalue weighted by Gasteiger charge is 2.20. The lowest BCUT2D eigenvalue weighted by molar-refractivity contribution is -0.127. The Kier molecular flexibility index (Phi) is 8.14. The maximum atomic E-state index is 12.0. The quantitative estimate of drug-likeness (QED) is 0.635. The fourth-order valence-electron chi connectivity index (χ4n) is 2.16. The van der Waals surface area contributed by atoms with Gasteiger partial charge < -0.3 is 16.4 Å². The van der Waals surface area contributed by atoms with E-state index in [1.165, 1.54) is 0 Å². The molecular formula is C16H24ClN7O2. The van der Waals surface area contributed by atoms with Gasteiger partial charge in [-0.05, 0) is 35.4 Å². The van der Waals surface area contributed by atoms with Gasteiger partial charge in [-0.15, -0.1) is 17.5 Å². The van der Waals surface area contributed by atoms with Crippen molar-refractivity contribution >= 4 is 24.2 Å². The average molecular weight is 382 g/mol. The summed E-state index contributed by atoms with van der Waals surface area (Å²) in [6, 6.07) is 8.29. The van der Waals surface area contributed by atoms with Crippen molar-refractivity contribution in [2.75, 3.05) is 6.54 Å². The van der Waals surface area contributed by atoms with Gasteiger partial charge in [-0.25, -0.2) is 0 Å². The van der Waals surface area contributed by atoms with Crippen molar-refractivity contribution in [3.8, 4) is 5.69 Å². The first-order chi connectivity index (χ1) is 11.9. The summed E-state index contributed by atoms with van der Waals surface area (Å²) in [5.41, 5.74) is 6.53. The first-order valence-corrected chi connectivity index (χ1v) is 8.06. The van der Waals surface area contributed by atoms with Crippen molar-refractivity contribution in [3.63, 3.8) is 0 Å². The molecule has 0 radical (unpaired) electrons. The molecule has 2 aromatic rings. The van der Waals surface area contributed by atoms with Crippen LogP contribution in [0.25, 0.3) is 5.69 Å². The van der Waals surface area contributed by atoms with E-state index < -0.39 is 12.1 Å². The second-order valence-corrected chi connectivity index (χ2v) is 6.06. The number of aromatic nitrogens is 4. The molecule has 2 amide bonds. The molecule has 0 fully saturated rings. The summed E-state index contributed by atoms with van der Waals surface area (Å²) in [6.45, 7) is 5.30. The Hall–Kier alpha value is -2.52. The minimum atomic E-state index is -0.643. The van der Waals surface area contributed by atoms with E-state index in [-0.39, 0.29) is 36.7 Å². The lowest BCUT2D eigenvalue weighted by atomic mass is 10.1. The van der Waals surface area contributed by atoms with Gasteiger partial charge in [0.15, 0.2) is 5.82 Å². The maximum Gasteiger partial charge on any atom is 0.239 e. The molecule has 2 rings (SSSR count). The molecule has 0 bridgehead atoms. The zero-order valence-corrected chi connectivity index (χ0v) is 15.7. The van der Waals surface area contributed by atoms with Crippen LogP contribution in [-0.4, -0.2) is 44.6 Å². The van der Waals surface area contributed by atoms with E-state index in [4.69, 9.17) is 5.73 Å². The number of nitrogens with one attached hydrogen (secondary N) is 2. The van der Waals surface area contributed by atoms with Crippen molar-refractivity contribution in [1.29, 1.82) is 0 Å². The normalized spacial score (nSPS) is 12.8. The predicted molar refractivity (Wildman–Crippen MR) is 98.8 cm³/mol. The van der Waals surface area contributed by atoms with E-state index >= 15 is 0 Å². The highest BCUT2D eigenvalue weighted by atomic mass is 35.5. The predicted octanol–water partition coefficient (Wildman–Crippen LogP) is 0.361. The number of tetrazole rings is 1. The Morgan fingerprint density at radius 3 is 2.46 bits per heavy atom. The average Bonchev–Trinajstić information content (AvgIpc) is 3.09. The summed E-state index contributed by atoms with van der Waals surface area (Å²) in [5, 5.41) is 16.9. The van der Waals surface area contributed by atoms with Crippen molar-refractivity contribution in [2.45, 2.75) is 32.9 Å². The van der Waals surface area contributed by atoms with Crippen LogP contribution in [0.4, 0.5) is 0 Å². The molecule has 2 atom stereocenters. The van der Waals surface area contributed by atoms with Gasteiger partial charge in [-0.2, -0.15) is 4.68 Å². The van der Waals surface area contributed by atoms with E-state index in [2.05, 4.69) is 26.2 Å². The molecule has 0 aliphatic heterocycles. The van der Waals surface area contributed by atoms with Crippen molar-refractivity contribution in [3.05, 3.63) is 36.2 Å². The number of nitrogens with two attached hydrogens (primary N) is 1. The highest BCUT2D eigenvalue weighted by molar-refractivity contribution is 5.87. The van der Waals surface area contributed by atoms with Crippen LogP contribution in [-0.2, 0) is 9.59 Å². The molecule has 1 unspecified atom stereocenters. The van der Waals surface area contributed by atoms with Gasteiger partial charge in [-0.3, -0.25) is 9.59 Å². The third-order valence-electron chi connectivity index (χ3n) is 3.70. The van der Waals surface area contributed by atoms with Crippen molar-refractivity contribution in [1.82, 2.24) is 30.8 Å². The fourth-order valence-corrected chi connectivity index (χ4v) is 2.16. The summed E-state index contributed by atoms with van der Waals surface area (Å²) in [5.74, 6) is -0.214. The SMILES string of the molecule is CC(NC(=O)CNC(=O)[C@@H](N)C(C)C)c1nnnn1-c1ccccc1.Cl. The summed E-state index contributed by atoms with van der Waals surface area (Å²) in [4.78, 5) is 23.8. The number of benzene rings is 1. The van der Waals surface area contributed by atoms with E-state index in [0.29, 0.717) is 5.82 Å². The van der Waals surface area contributed by atoms with Crippen LogP contribution in [0.5, 0.6) is 0 Å². The zero-order valence-electron chi connectivity index (χ0n) is 14.9. The van der Waals surface area contributed by atoms with E-state index in [1.807, 2.05) is 44.2 Å². The Morgan fingerprint density at radius 1 is 1.19 bits per heavy atom. The molecular weight excluding hydrogens is 358 g/mol. The first-order valence-electron chi connectivity index (χ1n) is 8.06. The minimum absolute atomic E-state index is 0. The van der Waals surface area contributed by atoms with Gasteiger partial charge >= 0.3 is 0 Å². The Morgan fingerprint density at radius 2 is 1.85 bits per heavy atom. The van der Waals surface area contributed by atoms with Gasteiger partial charge in [0.05, 0.1) is 24.3 Å². The number of rotatable bonds is 7.